The number of hydrogen-bond acceptors (Lipinski definition) is 3. The first-order valence-corrected chi connectivity index (χ1v) is 15.1. The van der Waals surface area contributed by atoms with E-state index in [1.54, 1.807) is 0 Å². The molecule has 0 saturated carbocycles. The Bertz CT molecular complexity index is 2110. The van der Waals surface area contributed by atoms with Crippen LogP contribution < -0.4 is 21.4 Å². The molecule has 0 aromatic carbocycles. The minimum absolute atomic E-state index is 0.0267. The highest BCUT2D eigenvalue weighted by Gasteiger charge is 2.19. The quantitative estimate of drug-likeness (QED) is 0.144. The van der Waals surface area contributed by atoms with Crippen LogP contribution in [0.1, 0.15) is 80.1 Å². The lowest BCUT2D eigenvalue weighted by Gasteiger charge is -2.08. The highest BCUT2D eigenvalue weighted by atomic mass is 16.4. The number of fused-ring (bicyclic) bond motifs is 8. The van der Waals surface area contributed by atoms with E-state index in [1.165, 1.54) is 0 Å². The van der Waals surface area contributed by atoms with Gasteiger partial charge in [0.2, 0.25) is 0 Å². The van der Waals surface area contributed by atoms with Gasteiger partial charge in [-0.1, -0.05) is 25.3 Å². The number of carbonyl (C=O) groups is 2. The SMILES string of the molecule is C=Cc1c(C)c2n(CCO)c1C=c1[nH]c(c(C=C)c1C)=Cc1[nH]c(c(CCC(=O)O)c1C)C=c1[nH]c(c(C)c1CCC(=O)O)=C2. The summed E-state index contributed by atoms with van der Waals surface area (Å²) in [4.78, 5) is 33.9. The number of H-pyrrole nitrogens is 3. The number of aromatic nitrogens is 4. The first-order chi connectivity index (χ1) is 21.5. The van der Waals surface area contributed by atoms with Crippen molar-refractivity contribution >= 4 is 48.4 Å². The van der Waals surface area contributed by atoms with Gasteiger partial charge in [0, 0.05) is 69.0 Å². The number of aromatic amines is 3. The second-order valence-electron chi connectivity index (χ2n) is 11.6. The zero-order chi connectivity index (χ0) is 32.6. The fourth-order valence-corrected chi connectivity index (χ4v) is 6.49. The summed E-state index contributed by atoms with van der Waals surface area (Å²) in [7, 11) is 0. The summed E-state index contributed by atoms with van der Waals surface area (Å²) < 4.78 is 2.08. The summed E-state index contributed by atoms with van der Waals surface area (Å²) in [6, 6.07) is 0. The Morgan fingerprint density at radius 3 is 1.89 bits per heavy atom. The smallest absolute Gasteiger partial charge is 0.303 e. The number of aliphatic carboxylic acids is 2. The van der Waals surface area contributed by atoms with Gasteiger partial charge in [-0.05, 0) is 98.2 Å². The highest BCUT2D eigenvalue weighted by Crippen LogP contribution is 2.26. The second kappa shape index (κ2) is 12.5. The zero-order valence-corrected chi connectivity index (χ0v) is 26.2. The van der Waals surface area contributed by atoms with Crippen LogP contribution in [0.3, 0.4) is 0 Å². The fraction of sp³-hybridized carbons (Fsp3) is 0.278. The summed E-state index contributed by atoms with van der Waals surface area (Å²) in [6.45, 7) is 16.5. The lowest BCUT2D eigenvalue weighted by Crippen LogP contribution is -2.16. The standard InChI is InChI=1S/C36H40N4O5/c1-7-23-19(3)29-18-34-24(8-2)22(6)33(40(34)13-14-41)17-28-21(5)26(10-12-36(44)45)32(39-28)16-31-25(9-11-35(42)43)20(4)27(37-31)15-30(23)38-29/h7-8,15-18,37-39,41H,1-2,9-14H2,3-6H3,(H,42,43)(H,44,45). The molecule has 0 amide bonds. The van der Waals surface area contributed by atoms with Crippen LogP contribution in [-0.2, 0) is 29.0 Å². The van der Waals surface area contributed by atoms with Crippen molar-refractivity contribution in [2.75, 3.05) is 6.61 Å². The largest absolute Gasteiger partial charge is 0.481 e. The molecule has 0 radical (unpaired) electrons. The van der Waals surface area contributed by atoms with E-state index in [-0.39, 0.29) is 19.4 Å². The first kappa shape index (κ1) is 31.4. The van der Waals surface area contributed by atoms with Crippen LogP contribution in [0.25, 0.3) is 36.5 Å². The minimum atomic E-state index is -0.887. The van der Waals surface area contributed by atoms with Crippen LogP contribution in [-0.4, -0.2) is 53.4 Å². The summed E-state index contributed by atoms with van der Waals surface area (Å²) >= 11 is 0. The molecule has 4 aromatic heterocycles. The maximum atomic E-state index is 11.6. The van der Waals surface area contributed by atoms with Crippen LogP contribution in [0.15, 0.2) is 13.2 Å². The molecule has 0 spiro atoms. The van der Waals surface area contributed by atoms with Gasteiger partial charge in [-0.3, -0.25) is 9.59 Å². The Labute approximate surface area is 261 Å². The van der Waals surface area contributed by atoms with Crippen LogP contribution in [0.2, 0.25) is 0 Å². The zero-order valence-electron chi connectivity index (χ0n) is 26.2. The molecule has 6 N–H and O–H groups in total. The number of aliphatic hydroxyl groups excluding tert-OH is 1. The third kappa shape index (κ3) is 5.79. The fourth-order valence-electron chi connectivity index (χ4n) is 6.49. The summed E-state index contributed by atoms with van der Waals surface area (Å²) in [5.41, 5.74) is 10.9. The van der Waals surface area contributed by atoms with E-state index >= 15 is 0 Å². The Hall–Kier alpha value is -5.02. The predicted molar refractivity (Wildman–Crippen MR) is 178 cm³/mol. The van der Waals surface area contributed by atoms with E-state index in [0.29, 0.717) is 19.4 Å². The number of carboxylic acids is 2. The third-order valence-corrected chi connectivity index (χ3v) is 8.96. The molecule has 4 aromatic rings. The van der Waals surface area contributed by atoms with Crippen molar-refractivity contribution in [3.05, 3.63) is 102 Å². The molecule has 8 bridgehead atoms. The number of nitrogens with one attached hydrogen (secondary N) is 3. The Morgan fingerprint density at radius 2 is 1.27 bits per heavy atom. The molecule has 5 heterocycles. The third-order valence-electron chi connectivity index (χ3n) is 8.96. The number of nitrogens with zero attached hydrogens (tertiary/aromatic N) is 1. The van der Waals surface area contributed by atoms with Gasteiger partial charge in [0.05, 0.1) is 12.3 Å². The summed E-state index contributed by atoms with van der Waals surface area (Å²) in [6.07, 6.45) is 12.4. The van der Waals surface area contributed by atoms with Crippen molar-refractivity contribution in [3.63, 3.8) is 0 Å². The van der Waals surface area contributed by atoms with Gasteiger partial charge in [0.1, 0.15) is 0 Å². The second-order valence-corrected chi connectivity index (χ2v) is 11.6. The molecule has 1 aliphatic heterocycles. The summed E-state index contributed by atoms with van der Waals surface area (Å²) in [5, 5.41) is 32.5. The van der Waals surface area contributed by atoms with Gasteiger partial charge in [0.25, 0.3) is 0 Å². The van der Waals surface area contributed by atoms with Crippen molar-refractivity contribution in [1.29, 1.82) is 0 Å². The van der Waals surface area contributed by atoms with Crippen LogP contribution in [0.4, 0.5) is 0 Å². The molecule has 45 heavy (non-hydrogen) atoms. The van der Waals surface area contributed by atoms with Gasteiger partial charge in [-0.25, -0.2) is 0 Å². The van der Waals surface area contributed by atoms with E-state index in [1.807, 2.05) is 58.1 Å². The van der Waals surface area contributed by atoms with Crippen molar-refractivity contribution in [2.45, 2.75) is 59.9 Å². The van der Waals surface area contributed by atoms with Crippen LogP contribution in [0, 0.1) is 27.7 Å². The van der Waals surface area contributed by atoms with E-state index in [0.717, 1.165) is 88.7 Å². The maximum Gasteiger partial charge on any atom is 0.303 e. The lowest BCUT2D eigenvalue weighted by molar-refractivity contribution is -0.138. The molecule has 1 aliphatic rings. The molecule has 0 aliphatic carbocycles. The molecule has 0 unspecified atom stereocenters. The Balaban J connectivity index is 1.98. The molecule has 9 heteroatoms. The van der Waals surface area contributed by atoms with Gasteiger partial charge >= 0.3 is 11.9 Å². The average molecular weight is 609 g/mol. The molecule has 0 saturated heterocycles. The monoisotopic (exact) mass is 608 g/mol. The van der Waals surface area contributed by atoms with E-state index in [2.05, 4.69) is 38.8 Å². The molecule has 0 atom stereocenters. The van der Waals surface area contributed by atoms with Crippen LogP contribution >= 0.6 is 0 Å². The number of hydrogen-bond donors (Lipinski definition) is 6. The molecule has 5 rings (SSSR count). The maximum absolute atomic E-state index is 11.6. The van der Waals surface area contributed by atoms with Crippen molar-refractivity contribution < 1.29 is 24.9 Å². The molecule has 234 valence electrons. The number of aliphatic hydroxyl groups is 1. The number of rotatable bonds is 10. The lowest BCUT2D eigenvalue weighted by atomic mass is 10.0. The van der Waals surface area contributed by atoms with Gasteiger partial charge in [-0.15, -0.1) is 0 Å². The molecular formula is C36H40N4O5. The summed E-state index contributed by atoms with van der Waals surface area (Å²) in [5.74, 6) is -1.77. The molecule has 9 nitrogen and oxygen atoms in total. The molecule has 0 fully saturated rings. The molecular weight excluding hydrogens is 568 g/mol. The predicted octanol–water partition coefficient (Wildman–Crippen LogP) is 2.65. The van der Waals surface area contributed by atoms with E-state index in [9.17, 15) is 24.9 Å². The first-order valence-electron chi connectivity index (χ1n) is 15.1. The van der Waals surface area contributed by atoms with Gasteiger partial charge in [0.15, 0.2) is 0 Å². The highest BCUT2D eigenvalue weighted by molar-refractivity contribution is 5.73. The van der Waals surface area contributed by atoms with Crippen molar-refractivity contribution in [2.24, 2.45) is 0 Å². The van der Waals surface area contributed by atoms with E-state index in [4.69, 9.17) is 0 Å². The number of carboxylic acid groups (broad SMARTS) is 2. The Kier molecular flexibility index (Phi) is 8.75. The van der Waals surface area contributed by atoms with E-state index < -0.39 is 11.9 Å². The van der Waals surface area contributed by atoms with Crippen LogP contribution in [0.5, 0.6) is 0 Å². The van der Waals surface area contributed by atoms with Gasteiger partial charge in [-0.2, -0.15) is 0 Å². The topological polar surface area (TPSA) is 147 Å². The average Bonchev–Trinajstić information content (AvgIpc) is 3.63. The normalized spacial score (nSPS) is 12.1. The van der Waals surface area contributed by atoms with Crippen molar-refractivity contribution in [1.82, 2.24) is 19.5 Å². The van der Waals surface area contributed by atoms with Crippen molar-refractivity contribution in [3.8, 4) is 0 Å². The Morgan fingerprint density at radius 1 is 0.689 bits per heavy atom. The minimum Gasteiger partial charge on any atom is -0.481 e. The van der Waals surface area contributed by atoms with Gasteiger partial charge < -0.3 is 34.8 Å².